The van der Waals surface area contributed by atoms with Gasteiger partial charge in [-0.2, -0.15) is 0 Å². The van der Waals surface area contributed by atoms with Crippen molar-refractivity contribution in [1.82, 2.24) is 14.4 Å². The van der Waals surface area contributed by atoms with E-state index >= 15 is 0 Å². The van der Waals surface area contributed by atoms with Crippen LogP contribution in [0, 0.1) is 6.92 Å². The Hall–Kier alpha value is -1.91. The molecule has 78 valence electrons. The molecule has 0 bridgehead atoms. The Balaban J connectivity index is 2.26. The summed E-state index contributed by atoms with van der Waals surface area (Å²) in [7, 11) is 0. The first-order valence-electron chi connectivity index (χ1n) is 4.67. The van der Waals surface area contributed by atoms with Gasteiger partial charge in [-0.15, -0.1) is 0 Å². The normalized spacial score (nSPS) is 10.7. The summed E-state index contributed by atoms with van der Waals surface area (Å²) in [6.07, 6.45) is 6.03. The van der Waals surface area contributed by atoms with Gasteiger partial charge >= 0.3 is 5.97 Å². The standard InChI is InChI=1S/C10H11N3O2/c1-7-5-13-6-8(2-3-9(14)15)4-11-10(13)12-7/h4-6H,2-3H2,1H3,(H,14,15). The molecule has 0 saturated heterocycles. The third-order valence-corrected chi connectivity index (χ3v) is 2.11. The molecule has 0 aliphatic heterocycles. The van der Waals surface area contributed by atoms with E-state index in [1.54, 1.807) is 6.20 Å². The number of fused-ring (bicyclic) bond motifs is 1. The molecule has 0 spiro atoms. The van der Waals surface area contributed by atoms with Crippen LogP contribution in [-0.4, -0.2) is 25.4 Å². The Kier molecular flexibility index (Phi) is 2.37. The summed E-state index contributed by atoms with van der Waals surface area (Å²) < 4.78 is 1.81. The maximum absolute atomic E-state index is 10.4. The van der Waals surface area contributed by atoms with Gasteiger partial charge < -0.3 is 5.11 Å². The lowest BCUT2D eigenvalue weighted by molar-refractivity contribution is -0.136. The molecule has 5 heteroatoms. The van der Waals surface area contributed by atoms with E-state index in [2.05, 4.69) is 9.97 Å². The zero-order valence-electron chi connectivity index (χ0n) is 8.34. The number of aromatic nitrogens is 3. The molecule has 1 N–H and O–H groups in total. The van der Waals surface area contributed by atoms with Crippen molar-refractivity contribution in [2.45, 2.75) is 19.8 Å². The molecule has 5 nitrogen and oxygen atoms in total. The van der Waals surface area contributed by atoms with Crippen molar-refractivity contribution in [3.63, 3.8) is 0 Å². The van der Waals surface area contributed by atoms with Crippen molar-refractivity contribution < 1.29 is 9.90 Å². The van der Waals surface area contributed by atoms with E-state index in [-0.39, 0.29) is 6.42 Å². The fourth-order valence-corrected chi connectivity index (χ4v) is 1.43. The van der Waals surface area contributed by atoms with Gasteiger partial charge in [-0.25, -0.2) is 9.97 Å². The second-order valence-corrected chi connectivity index (χ2v) is 3.45. The number of hydrogen-bond acceptors (Lipinski definition) is 3. The summed E-state index contributed by atoms with van der Waals surface area (Å²) in [5.74, 6) is -0.150. The van der Waals surface area contributed by atoms with Crippen LogP contribution in [0.25, 0.3) is 5.78 Å². The summed E-state index contributed by atoms with van der Waals surface area (Å²) in [4.78, 5) is 18.7. The van der Waals surface area contributed by atoms with E-state index in [0.717, 1.165) is 11.3 Å². The molecule has 0 fully saturated rings. The first kappa shape index (κ1) is 9.64. The van der Waals surface area contributed by atoms with E-state index in [1.807, 2.05) is 23.7 Å². The van der Waals surface area contributed by atoms with Gasteiger partial charge in [-0.1, -0.05) is 0 Å². The summed E-state index contributed by atoms with van der Waals surface area (Å²) in [6.45, 7) is 1.89. The van der Waals surface area contributed by atoms with Gasteiger partial charge in [0.15, 0.2) is 0 Å². The number of imidazole rings is 1. The zero-order chi connectivity index (χ0) is 10.8. The Morgan fingerprint density at radius 1 is 1.53 bits per heavy atom. The minimum atomic E-state index is -0.795. The first-order chi connectivity index (χ1) is 7.15. The van der Waals surface area contributed by atoms with E-state index in [9.17, 15) is 4.79 Å². The Morgan fingerprint density at radius 2 is 2.33 bits per heavy atom. The van der Waals surface area contributed by atoms with E-state index in [1.165, 1.54) is 0 Å². The molecule has 0 aliphatic rings. The summed E-state index contributed by atoms with van der Waals surface area (Å²) in [6, 6.07) is 0. The molecule has 2 rings (SSSR count). The van der Waals surface area contributed by atoms with E-state index in [0.29, 0.717) is 12.2 Å². The fourth-order valence-electron chi connectivity index (χ4n) is 1.43. The minimum absolute atomic E-state index is 0.126. The summed E-state index contributed by atoms with van der Waals surface area (Å²) in [5, 5.41) is 8.55. The second-order valence-electron chi connectivity index (χ2n) is 3.45. The molecule has 2 aromatic rings. The van der Waals surface area contributed by atoms with Crippen molar-refractivity contribution in [3.05, 3.63) is 29.8 Å². The highest BCUT2D eigenvalue weighted by Crippen LogP contribution is 2.06. The molecular formula is C10H11N3O2. The van der Waals surface area contributed by atoms with Crippen molar-refractivity contribution in [1.29, 1.82) is 0 Å². The molecule has 0 atom stereocenters. The molecule has 15 heavy (non-hydrogen) atoms. The summed E-state index contributed by atoms with van der Waals surface area (Å²) >= 11 is 0. The molecule has 0 saturated carbocycles. The highest BCUT2D eigenvalue weighted by atomic mass is 16.4. The monoisotopic (exact) mass is 205 g/mol. The van der Waals surface area contributed by atoms with Gasteiger partial charge in [-0.3, -0.25) is 9.20 Å². The van der Waals surface area contributed by atoms with Crippen molar-refractivity contribution >= 4 is 11.7 Å². The van der Waals surface area contributed by atoms with Crippen molar-refractivity contribution in [2.75, 3.05) is 0 Å². The lowest BCUT2D eigenvalue weighted by Crippen LogP contribution is -1.99. The van der Waals surface area contributed by atoms with Crippen molar-refractivity contribution in [2.24, 2.45) is 0 Å². The third kappa shape index (κ3) is 2.12. The number of hydrogen-bond donors (Lipinski definition) is 1. The number of carboxylic acids is 1. The number of aliphatic carboxylic acids is 1. The highest BCUT2D eigenvalue weighted by molar-refractivity contribution is 5.67. The van der Waals surface area contributed by atoms with Gasteiger partial charge in [0.05, 0.1) is 5.69 Å². The molecule has 2 aromatic heterocycles. The molecular weight excluding hydrogens is 194 g/mol. The maximum Gasteiger partial charge on any atom is 0.303 e. The number of carboxylic acid groups (broad SMARTS) is 1. The average molecular weight is 205 g/mol. The molecule has 2 heterocycles. The minimum Gasteiger partial charge on any atom is -0.481 e. The lowest BCUT2D eigenvalue weighted by Gasteiger charge is -1.98. The first-order valence-corrected chi connectivity index (χ1v) is 4.67. The van der Waals surface area contributed by atoms with Gasteiger partial charge in [0.1, 0.15) is 0 Å². The Labute approximate surface area is 86.4 Å². The predicted octanol–water partition coefficient (Wildman–Crippen LogP) is 1.05. The fraction of sp³-hybridized carbons (Fsp3) is 0.300. The molecule has 0 aromatic carbocycles. The maximum atomic E-state index is 10.4. The van der Waals surface area contributed by atoms with Crippen LogP contribution < -0.4 is 0 Å². The van der Waals surface area contributed by atoms with Gasteiger partial charge in [-0.05, 0) is 18.9 Å². The third-order valence-electron chi connectivity index (χ3n) is 2.11. The van der Waals surface area contributed by atoms with Gasteiger partial charge in [0, 0.05) is 25.0 Å². The molecule has 0 radical (unpaired) electrons. The van der Waals surface area contributed by atoms with Crippen LogP contribution in [0.4, 0.5) is 0 Å². The predicted molar refractivity (Wildman–Crippen MR) is 53.7 cm³/mol. The van der Waals surface area contributed by atoms with Crippen molar-refractivity contribution in [3.8, 4) is 0 Å². The lowest BCUT2D eigenvalue weighted by atomic mass is 10.2. The van der Waals surface area contributed by atoms with Crippen LogP contribution in [0.2, 0.25) is 0 Å². The van der Waals surface area contributed by atoms with Crippen LogP contribution in [-0.2, 0) is 11.2 Å². The smallest absolute Gasteiger partial charge is 0.303 e. The molecule has 0 aliphatic carbocycles. The van der Waals surface area contributed by atoms with Crippen LogP contribution >= 0.6 is 0 Å². The Morgan fingerprint density at radius 3 is 3.07 bits per heavy atom. The number of nitrogens with zero attached hydrogens (tertiary/aromatic N) is 3. The van der Waals surface area contributed by atoms with E-state index in [4.69, 9.17) is 5.11 Å². The van der Waals surface area contributed by atoms with Crippen LogP contribution in [0.1, 0.15) is 17.7 Å². The van der Waals surface area contributed by atoms with Crippen LogP contribution in [0.15, 0.2) is 18.6 Å². The average Bonchev–Trinajstić information content (AvgIpc) is 2.53. The van der Waals surface area contributed by atoms with E-state index < -0.39 is 5.97 Å². The number of aryl methyl sites for hydroxylation is 2. The van der Waals surface area contributed by atoms with Gasteiger partial charge in [0.2, 0.25) is 5.78 Å². The number of rotatable bonds is 3. The zero-order valence-corrected chi connectivity index (χ0v) is 8.34. The SMILES string of the molecule is Cc1cn2cc(CCC(=O)O)cnc2n1. The van der Waals surface area contributed by atoms with Crippen LogP contribution in [0.3, 0.4) is 0 Å². The quantitative estimate of drug-likeness (QED) is 0.813. The topological polar surface area (TPSA) is 67.5 Å². The summed E-state index contributed by atoms with van der Waals surface area (Å²) in [5.41, 5.74) is 1.81. The molecule has 0 amide bonds. The number of carbonyl (C=O) groups is 1. The highest BCUT2D eigenvalue weighted by Gasteiger charge is 2.02. The van der Waals surface area contributed by atoms with Crippen LogP contribution in [0.5, 0.6) is 0 Å². The molecule has 0 unspecified atom stereocenters. The van der Waals surface area contributed by atoms with Gasteiger partial charge in [0.25, 0.3) is 0 Å². The second kappa shape index (κ2) is 3.68. The largest absolute Gasteiger partial charge is 0.481 e. The Bertz CT molecular complexity index is 504.